The highest BCUT2D eigenvalue weighted by atomic mass is 15.0. The summed E-state index contributed by atoms with van der Waals surface area (Å²) in [6.07, 6.45) is 1.97. The van der Waals surface area contributed by atoms with Crippen LogP contribution in [0.2, 0.25) is 0 Å². The van der Waals surface area contributed by atoms with E-state index in [1.54, 1.807) is 0 Å². The summed E-state index contributed by atoms with van der Waals surface area (Å²) in [4.78, 5) is 4.31. The van der Waals surface area contributed by atoms with E-state index in [-0.39, 0.29) is 0 Å². The molecule has 0 N–H and O–H groups in total. The normalized spacial score (nSPS) is 10.7. The lowest BCUT2D eigenvalue weighted by Gasteiger charge is -1.92. The van der Waals surface area contributed by atoms with Crippen molar-refractivity contribution in [2.24, 2.45) is 0 Å². The van der Waals surface area contributed by atoms with E-state index in [0.717, 1.165) is 17.0 Å². The van der Waals surface area contributed by atoms with Gasteiger partial charge in [-0.1, -0.05) is 6.07 Å². The van der Waals surface area contributed by atoms with Gasteiger partial charge in [0.2, 0.25) is 0 Å². The fraction of sp³-hybridized carbons (Fsp3) is 0.111. The summed E-state index contributed by atoms with van der Waals surface area (Å²) in [7, 11) is 0. The molecule has 0 aliphatic rings. The van der Waals surface area contributed by atoms with Crippen LogP contribution in [-0.4, -0.2) is 9.38 Å². The zero-order valence-corrected chi connectivity index (χ0v) is 6.41. The number of aromatic nitrogens is 2. The van der Waals surface area contributed by atoms with Crippen molar-refractivity contribution in [2.75, 3.05) is 0 Å². The predicted octanol–water partition coefficient (Wildman–Crippen LogP) is 1.82. The summed E-state index contributed by atoms with van der Waals surface area (Å²) in [5.74, 6) is 0. The Kier molecular flexibility index (Phi) is 1.22. The molecule has 1 radical (unpaired) electrons. The second-order valence-corrected chi connectivity index (χ2v) is 2.57. The number of fused-ring (bicyclic) bond motifs is 1. The molecule has 2 rings (SSSR count). The van der Waals surface area contributed by atoms with Crippen LogP contribution < -0.4 is 0 Å². The highest BCUT2D eigenvalue weighted by Crippen LogP contribution is 2.08. The number of aryl methyl sites for hydroxylation is 1. The van der Waals surface area contributed by atoms with Crippen molar-refractivity contribution >= 4 is 5.65 Å². The maximum Gasteiger partial charge on any atom is 0.137 e. The number of pyridine rings is 1. The summed E-state index contributed by atoms with van der Waals surface area (Å²) in [6.45, 7) is 5.88. The van der Waals surface area contributed by atoms with E-state index in [1.165, 1.54) is 0 Å². The van der Waals surface area contributed by atoms with Crippen molar-refractivity contribution in [3.63, 3.8) is 0 Å². The molecule has 0 unspecified atom stereocenters. The molecule has 0 atom stereocenters. The second-order valence-electron chi connectivity index (χ2n) is 2.57. The predicted molar refractivity (Wildman–Crippen MR) is 44.4 cm³/mol. The Labute approximate surface area is 65.5 Å². The van der Waals surface area contributed by atoms with E-state index in [1.807, 2.05) is 35.7 Å². The second kappa shape index (κ2) is 2.09. The molecule has 0 aliphatic heterocycles. The lowest BCUT2D eigenvalue weighted by atomic mass is 10.4. The Bertz CT molecular complexity index is 387. The molecule has 0 amide bonds. The molecular weight excluding hydrogens is 136 g/mol. The Morgan fingerprint density at radius 1 is 1.45 bits per heavy atom. The number of imidazole rings is 1. The summed E-state index contributed by atoms with van der Waals surface area (Å²) < 4.78 is 1.98. The first kappa shape index (κ1) is 6.40. The fourth-order valence-corrected chi connectivity index (χ4v) is 1.16. The van der Waals surface area contributed by atoms with E-state index in [2.05, 4.69) is 11.9 Å². The van der Waals surface area contributed by atoms with Gasteiger partial charge in [-0.05, 0) is 26.0 Å². The monoisotopic (exact) mass is 145 g/mol. The molecule has 11 heavy (non-hydrogen) atoms. The van der Waals surface area contributed by atoms with Crippen molar-refractivity contribution in [3.05, 3.63) is 42.7 Å². The van der Waals surface area contributed by atoms with Gasteiger partial charge in [-0.25, -0.2) is 4.98 Å². The fourth-order valence-electron chi connectivity index (χ4n) is 1.16. The zero-order chi connectivity index (χ0) is 7.84. The van der Waals surface area contributed by atoms with Gasteiger partial charge in [-0.2, -0.15) is 0 Å². The third-order valence-electron chi connectivity index (χ3n) is 1.83. The van der Waals surface area contributed by atoms with Gasteiger partial charge in [0, 0.05) is 11.9 Å². The molecule has 0 saturated heterocycles. The van der Waals surface area contributed by atoms with Crippen LogP contribution in [0.15, 0.2) is 24.4 Å². The quantitative estimate of drug-likeness (QED) is 0.552. The van der Waals surface area contributed by atoms with Crippen LogP contribution in [0.4, 0.5) is 0 Å². The summed E-state index contributed by atoms with van der Waals surface area (Å²) >= 11 is 0. The smallest absolute Gasteiger partial charge is 0.137 e. The third-order valence-corrected chi connectivity index (χ3v) is 1.83. The van der Waals surface area contributed by atoms with E-state index in [0.29, 0.717) is 0 Å². The highest BCUT2D eigenvalue weighted by Gasteiger charge is 2.00. The molecule has 0 aromatic carbocycles. The molecule has 0 saturated carbocycles. The molecule has 2 aromatic rings. The summed E-state index contributed by atoms with van der Waals surface area (Å²) in [6, 6.07) is 5.92. The third kappa shape index (κ3) is 0.827. The van der Waals surface area contributed by atoms with Gasteiger partial charge in [0.1, 0.15) is 5.65 Å². The van der Waals surface area contributed by atoms with Gasteiger partial charge >= 0.3 is 0 Å². The zero-order valence-electron chi connectivity index (χ0n) is 6.41. The largest absolute Gasteiger partial charge is 0.304 e. The maximum atomic E-state index is 4.31. The van der Waals surface area contributed by atoms with Gasteiger partial charge < -0.3 is 4.40 Å². The minimum Gasteiger partial charge on any atom is -0.304 e. The lowest BCUT2D eigenvalue weighted by molar-refractivity contribution is 1.14. The van der Waals surface area contributed by atoms with Crippen molar-refractivity contribution in [1.29, 1.82) is 0 Å². The molecule has 2 heterocycles. The first-order valence-electron chi connectivity index (χ1n) is 3.54. The standard InChI is InChI=1S/C9H9N2/c1-7-8(2)11-6-4-3-5-9(11)10-7/h3-6H,2H2,1H3. The van der Waals surface area contributed by atoms with Crippen LogP contribution in [0.1, 0.15) is 11.4 Å². The Hall–Kier alpha value is -1.31. The van der Waals surface area contributed by atoms with E-state index in [4.69, 9.17) is 0 Å². The van der Waals surface area contributed by atoms with Crippen molar-refractivity contribution in [1.82, 2.24) is 9.38 Å². The van der Waals surface area contributed by atoms with Gasteiger partial charge in [0.15, 0.2) is 0 Å². The van der Waals surface area contributed by atoms with Crippen molar-refractivity contribution < 1.29 is 0 Å². The van der Waals surface area contributed by atoms with Crippen molar-refractivity contribution in [2.45, 2.75) is 6.92 Å². The molecule has 2 nitrogen and oxygen atoms in total. The van der Waals surface area contributed by atoms with Gasteiger partial charge in [0.25, 0.3) is 0 Å². The average Bonchev–Trinajstić information content (AvgIpc) is 2.30. The van der Waals surface area contributed by atoms with Crippen LogP contribution in [0.5, 0.6) is 0 Å². The highest BCUT2D eigenvalue weighted by molar-refractivity contribution is 5.43. The first-order valence-corrected chi connectivity index (χ1v) is 3.54. The maximum absolute atomic E-state index is 4.31. The Morgan fingerprint density at radius 2 is 2.27 bits per heavy atom. The van der Waals surface area contributed by atoms with Crippen LogP contribution in [0.3, 0.4) is 0 Å². The number of nitrogens with zero attached hydrogens (tertiary/aromatic N) is 2. The lowest BCUT2D eigenvalue weighted by Crippen LogP contribution is -1.84. The minimum absolute atomic E-state index is 0.968. The van der Waals surface area contributed by atoms with Crippen LogP contribution in [0.25, 0.3) is 5.65 Å². The summed E-state index contributed by atoms with van der Waals surface area (Å²) in [5, 5.41) is 0. The van der Waals surface area contributed by atoms with Gasteiger partial charge in [-0.15, -0.1) is 0 Å². The molecule has 0 spiro atoms. The molecule has 2 heteroatoms. The molecule has 0 aliphatic carbocycles. The van der Waals surface area contributed by atoms with E-state index < -0.39 is 0 Å². The number of rotatable bonds is 0. The average molecular weight is 145 g/mol. The minimum atomic E-state index is 0.968. The molecule has 55 valence electrons. The van der Waals surface area contributed by atoms with Gasteiger partial charge in [0.05, 0.1) is 5.69 Å². The van der Waals surface area contributed by atoms with Gasteiger partial charge in [-0.3, -0.25) is 0 Å². The summed E-state index contributed by atoms with van der Waals surface area (Å²) in [5.41, 5.74) is 2.94. The van der Waals surface area contributed by atoms with E-state index >= 15 is 0 Å². The molecule has 2 aromatic heterocycles. The van der Waals surface area contributed by atoms with Crippen molar-refractivity contribution in [3.8, 4) is 0 Å². The van der Waals surface area contributed by atoms with Crippen LogP contribution >= 0.6 is 0 Å². The van der Waals surface area contributed by atoms with E-state index in [9.17, 15) is 0 Å². The first-order chi connectivity index (χ1) is 5.29. The molecular formula is C9H9N2. The molecule has 0 bridgehead atoms. The topological polar surface area (TPSA) is 17.3 Å². The Morgan fingerprint density at radius 3 is 3.00 bits per heavy atom. The van der Waals surface area contributed by atoms with Crippen LogP contribution in [-0.2, 0) is 0 Å². The van der Waals surface area contributed by atoms with Crippen LogP contribution in [0, 0.1) is 13.8 Å². The SMILES string of the molecule is [CH2]c1c(C)nc2ccccn12. The Balaban J connectivity index is 2.92. The number of hydrogen-bond acceptors (Lipinski definition) is 1. The molecule has 0 fully saturated rings. The number of hydrogen-bond donors (Lipinski definition) is 0.